The van der Waals surface area contributed by atoms with E-state index in [2.05, 4.69) is 21.3 Å². The highest BCUT2D eigenvalue weighted by Crippen LogP contribution is 2.42. The van der Waals surface area contributed by atoms with Gasteiger partial charge in [0.2, 0.25) is 11.8 Å². The van der Waals surface area contributed by atoms with Gasteiger partial charge in [0.25, 0.3) is 11.8 Å². The molecule has 10 bridgehead atoms. The van der Waals surface area contributed by atoms with E-state index in [4.69, 9.17) is 58.6 Å². The fourth-order valence-electron chi connectivity index (χ4n) is 11.3. The number of allylic oxidation sites excluding steroid dienone is 1. The van der Waals surface area contributed by atoms with Gasteiger partial charge in [-0.3, -0.25) is 43.3 Å². The Hall–Kier alpha value is -8.96. The Labute approximate surface area is 605 Å². The first-order valence-corrected chi connectivity index (χ1v) is 37.3. The van der Waals surface area contributed by atoms with Crippen molar-refractivity contribution in [3.05, 3.63) is 124 Å². The SMILES string of the molecule is CNC(=O)C[C@@H]1NC(=O)c2csc(n2)-c2ccc(-c3nc(N(C/C=C/CC(CCC(=O)OC)C(=O)OC)C(=O)OC4CCC(C(=O)OC)CC4)cs3)nc2-c2csc(n2)-c2csc(n2)[C@H]([C@@H](O)c2ccccc2)NC(=O)CNC(=O)c2nc(sc2COC)[C@@H](C(C)C)CC(=O)c2nc1sc2C. The molecule has 27 nitrogen and oxygen atoms in total. The number of carbonyl (C=O) groups is 9. The summed E-state index contributed by atoms with van der Waals surface area (Å²) in [7, 11) is 6.81. The monoisotopic (exact) mass is 1490 g/mol. The maximum atomic E-state index is 14.5. The van der Waals surface area contributed by atoms with E-state index in [1.807, 2.05) is 13.8 Å². The molecule has 10 rings (SSSR count). The summed E-state index contributed by atoms with van der Waals surface area (Å²) in [5, 5.41) is 32.2. The minimum Gasteiger partial charge on any atom is -0.469 e. The largest absolute Gasteiger partial charge is 0.469 e. The van der Waals surface area contributed by atoms with Crippen molar-refractivity contribution in [1.29, 1.82) is 0 Å². The molecule has 8 aromatic rings. The molecule has 7 aromatic heterocycles. The first-order valence-electron chi connectivity index (χ1n) is 32.2. The summed E-state index contributed by atoms with van der Waals surface area (Å²) in [5.41, 5.74) is 2.50. The van der Waals surface area contributed by atoms with Gasteiger partial charge < -0.3 is 50.1 Å². The van der Waals surface area contributed by atoms with Gasteiger partial charge in [0, 0.05) is 71.4 Å². The maximum absolute atomic E-state index is 14.5. The van der Waals surface area contributed by atoms with Gasteiger partial charge in [0.05, 0.1) is 74.4 Å². The lowest BCUT2D eigenvalue weighted by Crippen LogP contribution is -2.40. The lowest BCUT2D eigenvalue weighted by atomic mass is 9.87. The highest BCUT2D eigenvalue weighted by molar-refractivity contribution is 7.15. The molecule has 1 aliphatic carbocycles. The van der Waals surface area contributed by atoms with E-state index >= 15 is 0 Å². The first kappa shape index (κ1) is 74.7. The summed E-state index contributed by atoms with van der Waals surface area (Å²) in [5.74, 6) is -5.47. The molecule has 1 unspecified atom stereocenters. The van der Waals surface area contributed by atoms with Gasteiger partial charge in [-0.15, -0.1) is 68.0 Å². The predicted molar refractivity (Wildman–Crippen MR) is 380 cm³/mol. The second-order valence-electron chi connectivity index (χ2n) is 24.0. The summed E-state index contributed by atoms with van der Waals surface area (Å²) in [6, 6.07) is 10.1. The van der Waals surface area contributed by atoms with E-state index in [-0.39, 0.29) is 91.7 Å². The topological polar surface area (TPSA) is 362 Å². The molecule has 1 saturated carbocycles. The number of aliphatic hydroxyl groups excluding tert-OH is 1. The molecule has 1 aliphatic heterocycles. The number of nitrogens with one attached hydrogen (secondary N) is 4. The average Bonchev–Trinajstić information content (AvgIpc) is 1.69. The molecule has 2 aliphatic rings. The van der Waals surface area contributed by atoms with E-state index in [0.29, 0.717) is 99.4 Å². The van der Waals surface area contributed by atoms with Crippen LogP contribution in [0.3, 0.4) is 0 Å². The molecule has 5 N–H and O–H groups in total. The Morgan fingerprint density at radius 1 is 0.713 bits per heavy atom. The molecular weight excluding hydrogens is 1420 g/mol. The number of thiazole rings is 6. The molecule has 0 spiro atoms. The van der Waals surface area contributed by atoms with Crippen molar-refractivity contribution < 1.29 is 71.9 Å². The van der Waals surface area contributed by atoms with Crippen LogP contribution in [-0.2, 0) is 54.3 Å². The first-order chi connectivity index (χ1) is 48.7. The second kappa shape index (κ2) is 34.6. The van der Waals surface area contributed by atoms with Crippen LogP contribution in [0.4, 0.5) is 10.6 Å². The van der Waals surface area contributed by atoms with Crippen molar-refractivity contribution in [1.82, 2.24) is 56.2 Å². The molecular formula is C68H74N12O15S6. The van der Waals surface area contributed by atoms with Gasteiger partial charge in [0.15, 0.2) is 5.78 Å². The smallest absolute Gasteiger partial charge is 0.416 e. The standard InChI is InChI=1S/C68H74N12O15S6/c1-34(2)41-26-47(81)53-35(3)100-64(78-53)43(27-50(82)69-4)72-58(86)45-31-96-60(74-45)40-22-23-42(62-76-49(33-99-62)80(68(90)95-39-20-17-38(18-21-39)67(89)94-8)25-13-12-16-37(66(88)93-7)19-24-52(84)92-6)71-54(40)44-30-97-63(73-44)46-32-98-65(75-46)56(57(85)36-14-10-9-11-15-36)77-51(83)28-70-59(87)55-48(29-91-5)101-61(41)79-55/h9-15,22-23,30-34,37-39,41,43,56-57,85H,16-21,24-29H2,1-8H3,(H,69,82)(H,70,87)(H,72,86)(H,77,83)/b13-12+/t37?,38?,39?,41-,43+,56+,57+/m1/s1. The summed E-state index contributed by atoms with van der Waals surface area (Å²) >= 11 is 7.12. The van der Waals surface area contributed by atoms with E-state index in [1.54, 1.807) is 83.1 Å². The van der Waals surface area contributed by atoms with Crippen LogP contribution in [0.2, 0.25) is 0 Å². The number of carbonyl (C=O) groups excluding carboxylic acids is 9. The lowest BCUT2D eigenvalue weighted by Gasteiger charge is -2.28. The van der Waals surface area contributed by atoms with Crippen LogP contribution in [0.1, 0.15) is 158 Å². The fourth-order valence-corrected chi connectivity index (χ4v) is 17.0. The van der Waals surface area contributed by atoms with Gasteiger partial charge >= 0.3 is 24.0 Å². The minimum atomic E-state index is -1.31. The van der Waals surface area contributed by atoms with Gasteiger partial charge in [-0.1, -0.05) is 56.3 Å². The molecule has 5 amide bonds. The highest BCUT2D eigenvalue weighted by Gasteiger charge is 2.35. The van der Waals surface area contributed by atoms with Crippen LogP contribution in [0, 0.1) is 24.7 Å². The normalized spacial score (nSPS) is 18.2. The number of ketones is 1. The van der Waals surface area contributed by atoms with Crippen molar-refractivity contribution in [2.45, 2.75) is 115 Å². The van der Waals surface area contributed by atoms with Gasteiger partial charge in [-0.2, -0.15) is 0 Å². The molecule has 33 heteroatoms. The third-order valence-corrected chi connectivity index (χ3v) is 22.7. The average molecular weight is 1490 g/mol. The molecule has 532 valence electrons. The summed E-state index contributed by atoms with van der Waals surface area (Å²) in [6.45, 7) is 5.03. The Kier molecular flexibility index (Phi) is 25.6. The van der Waals surface area contributed by atoms with E-state index in [9.17, 15) is 48.3 Å². The molecule has 0 radical (unpaired) electrons. The zero-order valence-corrected chi connectivity index (χ0v) is 61.2. The van der Waals surface area contributed by atoms with Crippen LogP contribution < -0.4 is 26.2 Å². The number of Topliss-reactive ketones (excluding diaryl/α,β-unsaturated/α-hetero) is 1. The molecule has 1 aromatic carbocycles. The number of ether oxygens (including phenoxy) is 5. The van der Waals surface area contributed by atoms with E-state index in [0.717, 1.165) is 22.7 Å². The summed E-state index contributed by atoms with van der Waals surface area (Å²) in [4.78, 5) is 159. The van der Waals surface area contributed by atoms with Crippen molar-refractivity contribution in [3.63, 3.8) is 0 Å². The number of pyridine rings is 1. The number of fused-ring (bicyclic) bond motifs is 14. The Bertz CT molecular complexity index is 4340. The van der Waals surface area contributed by atoms with Gasteiger partial charge in [0.1, 0.15) is 83.3 Å². The predicted octanol–water partition coefficient (Wildman–Crippen LogP) is 10.6. The maximum Gasteiger partial charge on any atom is 0.416 e. The number of aryl methyl sites for hydroxylation is 1. The molecule has 0 saturated heterocycles. The lowest BCUT2D eigenvalue weighted by molar-refractivity contribution is -0.148. The van der Waals surface area contributed by atoms with Gasteiger partial charge in [-0.05, 0) is 69.1 Å². The van der Waals surface area contributed by atoms with Crippen LogP contribution in [0.25, 0.3) is 43.4 Å². The zero-order valence-electron chi connectivity index (χ0n) is 56.3. The number of esters is 3. The number of benzene rings is 1. The van der Waals surface area contributed by atoms with Crippen LogP contribution in [-0.4, -0.2) is 148 Å². The van der Waals surface area contributed by atoms with Crippen molar-refractivity contribution in [2.24, 2.45) is 17.8 Å². The minimum absolute atomic E-state index is 0.00277. The van der Waals surface area contributed by atoms with Crippen molar-refractivity contribution in [2.75, 3.05) is 53.5 Å². The number of hydrogen-bond donors (Lipinski definition) is 5. The third kappa shape index (κ3) is 18.4. The quantitative estimate of drug-likeness (QED) is 0.0285. The third-order valence-electron chi connectivity index (χ3n) is 16.9. The van der Waals surface area contributed by atoms with Gasteiger partial charge in [-0.25, -0.2) is 39.7 Å². The number of amides is 5. The number of anilines is 1. The van der Waals surface area contributed by atoms with Crippen LogP contribution in [0.15, 0.2) is 76.1 Å². The highest BCUT2D eigenvalue weighted by atomic mass is 32.1. The molecule has 5 atom stereocenters. The van der Waals surface area contributed by atoms with Crippen LogP contribution >= 0.6 is 68.0 Å². The summed E-state index contributed by atoms with van der Waals surface area (Å²) < 4.78 is 26.4. The number of methoxy groups -OCH3 is 4. The molecule has 101 heavy (non-hydrogen) atoms. The molecule has 1 fully saturated rings. The number of nitrogens with zero attached hydrogens (tertiary/aromatic N) is 8. The number of rotatable bonds is 19. The Morgan fingerprint density at radius 3 is 2.15 bits per heavy atom. The van der Waals surface area contributed by atoms with E-state index < -0.39 is 84.3 Å². The molecule has 8 heterocycles. The number of hydrogen-bond acceptors (Lipinski definition) is 28. The van der Waals surface area contributed by atoms with E-state index in [1.165, 1.54) is 85.7 Å². The Morgan fingerprint density at radius 2 is 1.43 bits per heavy atom. The number of aromatic nitrogens is 7. The second-order valence-corrected chi connectivity index (χ2v) is 29.8. The van der Waals surface area contributed by atoms with Crippen molar-refractivity contribution >= 4 is 127 Å². The number of aliphatic hydroxyl groups is 1. The summed E-state index contributed by atoms with van der Waals surface area (Å²) in [6.07, 6.45) is 2.65. The zero-order chi connectivity index (χ0) is 72.0. The fraction of sp³-hybridized carbons (Fsp3) is 0.412. The van der Waals surface area contributed by atoms with Crippen LogP contribution in [0.5, 0.6) is 0 Å². The Balaban J connectivity index is 1.03. The van der Waals surface area contributed by atoms with Crippen molar-refractivity contribution in [3.8, 4) is 43.4 Å².